The van der Waals surface area contributed by atoms with E-state index in [0.717, 1.165) is 4.68 Å². The molecule has 2 aromatic rings. The molecule has 3 N–H and O–H groups in total. The molecule has 19 heavy (non-hydrogen) atoms. The fourth-order valence-electron chi connectivity index (χ4n) is 1.51. The SMILES string of the molecule is Cn1ncc(Cl)c1S(=O)(=O)Nc1cc(Cl)ccc1N. The van der Waals surface area contributed by atoms with Crippen LogP contribution in [0.5, 0.6) is 0 Å². The van der Waals surface area contributed by atoms with Gasteiger partial charge in [-0.2, -0.15) is 13.5 Å². The fourth-order valence-corrected chi connectivity index (χ4v) is 3.42. The number of anilines is 2. The third kappa shape index (κ3) is 2.78. The maximum Gasteiger partial charge on any atom is 0.280 e. The molecule has 0 aliphatic heterocycles. The summed E-state index contributed by atoms with van der Waals surface area (Å²) in [5, 5.41) is 4.02. The van der Waals surface area contributed by atoms with Crippen molar-refractivity contribution in [3.8, 4) is 0 Å². The summed E-state index contributed by atoms with van der Waals surface area (Å²) < 4.78 is 27.9. The van der Waals surface area contributed by atoms with Crippen LogP contribution in [-0.2, 0) is 17.1 Å². The zero-order chi connectivity index (χ0) is 14.2. The van der Waals surface area contributed by atoms with Crippen molar-refractivity contribution in [2.75, 3.05) is 10.5 Å². The number of hydrogen-bond acceptors (Lipinski definition) is 4. The monoisotopic (exact) mass is 320 g/mol. The van der Waals surface area contributed by atoms with Gasteiger partial charge < -0.3 is 5.73 Å². The summed E-state index contributed by atoms with van der Waals surface area (Å²) >= 11 is 11.6. The quantitative estimate of drug-likeness (QED) is 0.847. The van der Waals surface area contributed by atoms with Crippen molar-refractivity contribution in [1.82, 2.24) is 9.78 Å². The third-order valence-electron chi connectivity index (χ3n) is 2.36. The van der Waals surface area contributed by atoms with Gasteiger partial charge in [0.15, 0.2) is 5.03 Å². The van der Waals surface area contributed by atoms with Crippen LogP contribution >= 0.6 is 23.2 Å². The van der Waals surface area contributed by atoms with E-state index >= 15 is 0 Å². The highest BCUT2D eigenvalue weighted by molar-refractivity contribution is 7.92. The van der Waals surface area contributed by atoms with Crippen molar-refractivity contribution in [3.05, 3.63) is 34.4 Å². The smallest absolute Gasteiger partial charge is 0.280 e. The van der Waals surface area contributed by atoms with Crippen molar-refractivity contribution in [2.45, 2.75) is 5.03 Å². The number of rotatable bonds is 3. The van der Waals surface area contributed by atoms with Crippen LogP contribution in [0.4, 0.5) is 11.4 Å². The average Bonchev–Trinajstić information content (AvgIpc) is 2.64. The van der Waals surface area contributed by atoms with Gasteiger partial charge in [-0.15, -0.1) is 0 Å². The van der Waals surface area contributed by atoms with Crippen molar-refractivity contribution in [2.24, 2.45) is 7.05 Å². The highest BCUT2D eigenvalue weighted by Gasteiger charge is 2.23. The van der Waals surface area contributed by atoms with E-state index in [2.05, 4.69) is 9.82 Å². The van der Waals surface area contributed by atoms with Crippen LogP contribution in [0.15, 0.2) is 29.4 Å². The molecular weight excluding hydrogens is 311 g/mol. The number of halogens is 2. The summed E-state index contributed by atoms with van der Waals surface area (Å²) in [6.45, 7) is 0. The van der Waals surface area contributed by atoms with Gasteiger partial charge in [0.25, 0.3) is 10.0 Å². The molecule has 0 saturated carbocycles. The first-order valence-corrected chi connectivity index (χ1v) is 7.30. The van der Waals surface area contributed by atoms with E-state index < -0.39 is 10.0 Å². The highest BCUT2D eigenvalue weighted by atomic mass is 35.5. The second-order valence-corrected chi connectivity index (χ2v) is 6.20. The number of benzene rings is 1. The van der Waals surface area contributed by atoms with Gasteiger partial charge in [-0.3, -0.25) is 9.40 Å². The van der Waals surface area contributed by atoms with E-state index in [9.17, 15) is 8.42 Å². The van der Waals surface area contributed by atoms with Gasteiger partial charge in [0, 0.05) is 12.1 Å². The Morgan fingerprint density at radius 3 is 2.63 bits per heavy atom. The minimum atomic E-state index is -3.89. The summed E-state index contributed by atoms with van der Waals surface area (Å²) in [5.74, 6) is 0. The largest absolute Gasteiger partial charge is 0.397 e. The van der Waals surface area contributed by atoms with Crippen LogP contribution in [0.1, 0.15) is 0 Å². The number of nitrogens with two attached hydrogens (primary N) is 1. The molecule has 1 aromatic carbocycles. The number of aryl methyl sites for hydroxylation is 1. The molecule has 6 nitrogen and oxygen atoms in total. The van der Waals surface area contributed by atoms with Crippen LogP contribution in [0.2, 0.25) is 10.0 Å². The molecule has 0 amide bonds. The number of hydrogen-bond donors (Lipinski definition) is 2. The average molecular weight is 321 g/mol. The normalized spacial score (nSPS) is 11.5. The van der Waals surface area contributed by atoms with Gasteiger partial charge in [0.1, 0.15) is 0 Å². The predicted octanol–water partition coefficient (Wildman–Crippen LogP) is 2.11. The standard InChI is InChI=1S/C10H10Cl2N4O2S/c1-16-10(7(12)5-14-16)19(17,18)15-9-4-6(11)2-3-8(9)13/h2-5,15H,13H2,1H3. The lowest BCUT2D eigenvalue weighted by Crippen LogP contribution is -2.18. The van der Waals surface area contributed by atoms with Gasteiger partial charge in [-0.05, 0) is 18.2 Å². The van der Waals surface area contributed by atoms with E-state index in [4.69, 9.17) is 28.9 Å². The van der Waals surface area contributed by atoms with Crippen LogP contribution < -0.4 is 10.5 Å². The summed E-state index contributed by atoms with van der Waals surface area (Å²) in [4.78, 5) is 0. The zero-order valence-corrected chi connectivity index (χ0v) is 12.1. The molecule has 0 aliphatic carbocycles. The minimum absolute atomic E-state index is 0.0237. The van der Waals surface area contributed by atoms with E-state index in [1.54, 1.807) is 6.07 Å². The molecule has 1 aromatic heterocycles. The lowest BCUT2D eigenvalue weighted by Gasteiger charge is -2.11. The molecule has 0 spiro atoms. The maximum absolute atomic E-state index is 12.2. The van der Waals surface area contributed by atoms with Gasteiger partial charge >= 0.3 is 0 Å². The van der Waals surface area contributed by atoms with Crippen LogP contribution in [0, 0.1) is 0 Å². The fraction of sp³-hybridized carbons (Fsp3) is 0.100. The second-order valence-electron chi connectivity index (χ2n) is 3.76. The Hall–Kier alpha value is -1.44. The lowest BCUT2D eigenvalue weighted by molar-refractivity contribution is 0.582. The number of nitrogens with zero attached hydrogens (tertiary/aromatic N) is 2. The van der Waals surface area contributed by atoms with Gasteiger partial charge in [-0.1, -0.05) is 23.2 Å². The van der Waals surface area contributed by atoms with E-state index in [1.165, 1.54) is 25.4 Å². The molecule has 102 valence electrons. The first-order valence-electron chi connectivity index (χ1n) is 5.06. The number of aromatic nitrogens is 2. The molecule has 0 radical (unpaired) electrons. The van der Waals surface area contributed by atoms with E-state index in [1.807, 2.05) is 0 Å². The van der Waals surface area contributed by atoms with Crippen molar-refractivity contribution < 1.29 is 8.42 Å². The first kappa shape index (κ1) is 14.0. The summed E-state index contributed by atoms with van der Waals surface area (Å²) in [6.07, 6.45) is 1.25. The molecule has 0 saturated heterocycles. The Kier molecular flexibility index (Phi) is 3.62. The van der Waals surface area contributed by atoms with Crippen LogP contribution in [0.25, 0.3) is 0 Å². The van der Waals surface area contributed by atoms with Crippen molar-refractivity contribution in [3.63, 3.8) is 0 Å². The topological polar surface area (TPSA) is 90.0 Å². The Labute approximate surface area is 120 Å². The number of nitrogen functional groups attached to an aromatic ring is 1. The van der Waals surface area contributed by atoms with Gasteiger partial charge in [0.05, 0.1) is 22.6 Å². The Morgan fingerprint density at radius 2 is 2.05 bits per heavy atom. The summed E-state index contributed by atoms with van der Waals surface area (Å²) in [5.41, 5.74) is 6.13. The minimum Gasteiger partial charge on any atom is -0.397 e. The van der Waals surface area contributed by atoms with Crippen LogP contribution in [0.3, 0.4) is 0 Å². The molecule has 9 heteroatoms. The van der Waals surface area contributed by atoms with Gasteiger partial charge in [-0.25, -0.2) is 0 Å². The van der Waals surface area contributed by atoms with Gasteiger partial charge in [0.2, 0.25) is 0 Å². The molecule has 0 atom stereocenters. The number of sulfonamides is 1. The van der Waals surface area contributed by atoms with Crippen LogP contribution in [-0.4, -0.2) is 18.2 Å². The lowest BCUT2D eigenvalue weighted by atomic mass is 10.3. The zero-order valence-electron chi connectivity index (χ0n) is 9.76. The molecule has 0 bridgehead atoms. The molecule has 1 heterocycles. The summed E-state index contributed by atoms with van der Waals surface area (Å²) in [6, 6.07) is 4.48. The molecular formula is C10H10Cl2N4O2S. The van der Waals surface area contributed by atoms with Crippen molar-refractivity contribution in [1.29, 1.82) is 0 Å². The third-order valence-corrected chi connectivity index (χ3v) is 4.46. The Bertz CT molecular complexity index is 708. The Morgan fingerprint density at radius 1 is 1.37 bits per heavy atom. The predicted molar refractivity (Wildman–Crippen MR) is 74.9 cm³/mol. The molecule has 0 fully saturated rings. The van der Waals surface area contributed by atoms with E-state index in [0.29, 0.717) is 5.02 Å². The molecule has 2 rings (SSSR count). The van der Waals surface area contributed by atoms with E-state index in [-0.39, 0.29) is 21.4 Å². The second kappa shape index (κ2) is 4.92. The first-order chi connectivity index (χ1) is 8.81. The maximum atomic E-state index is 12.2. The summed E-state index contributed by atoms with van der Waals surface area (Å²) in [7, 11) is -2.42. The Balaban J connectivity index is 2.45. The molecule has 0 aliphatic rings. The molecule has 0 unspecified atom stereocenters. The highest BCUT2D eigenvalue weighted by Crippen LogP contribution is 2.27. The van der Waals surface area contributed by atoms with Crippen molar-refractivity contribution >= 4 is 44.6 Å². The number of nitrogens with one attached hydrogen (secondary N) is 1.